The maximum Gasteiger partial charge on any atom is 0.338 e. The van der Waals surface area contributed by atoms with Crippen molar-refractivity contribution in [2.75, 3.05) is 11.9 Å². The number of aromatic amines is 1. The first kappa shape index (κ1) is 22.6. The van der Waals surface area contributed by atoms with E-state index in [1.165, 1.54) is 11.3 Å². The summed E-state index contributed by atoms with van der Waals surface area (Å²) in [6.07, 6.45) is 0. The van der Waals surface area contributed by atoms with Gasteiger partial charge < -0.3 is 10.1 Å². The predicted octanol–water partition coefficient (Wildman–Crippen LogP) is 3.74. The van der Waals surface area contributed by atoms with Crippen LogP contribution in [0, 0.1) is 0 Å². The highest BCUT2D eigenvalue weighted by atomic mass is 32.2. The number of thiazole rings is 1. The van der Waals surface area contributed by atoms with Crippen molar-refractivity contribution >= 4 is 50.3 Å². The van der Waals surface area contributed by atoms with E-state index in [9.17, 15) is 14.4 Å². The monoisotopic (exact) mass is 481 g/mol. The number of H-pyrrole nitrogens is 1. The zero-order valence-electron chi connectivity index (χ0n) is 17.7. The summed E-state index contributed by atoms with van der Waals surface area (Å²) in [5, 5.41) is 10.9. The highest BCUT2D eigenvalue weighted by Crippen LogP contribution is 2.28. The molecule has 0 aliphatic rings. The molecule has 0 radical (unpaired) electrons. The van der Waals surface area contributed by atoms with Gasteiger partial charge in [0.15, 0.2) is 16.0 Å². The number of nitrogens with one attached hydrogen (secondary N) is 2. The van der Waals surface area contributed by atoms with Gasteiger partial charge in [-0.3, -0.25) is 14.6 Å². The van der Waals surface area contributed by atoms with Crippen molar-refractivity contribution in [1.29, 1.82) is 0 Å². The highest BCUT2D eigenvalue weighted by molar-refractivity contribution is 8.00. The lowest BCUT2D eigenvalue weighted by Crippen LogP contribution is -2.23. The molecule has 9 nitrogen and oxygen atoms in total. The van der Waals surface area contributed by atoms with Gasteiger partial charge in [0, 0.05) is 5.56 Å². The number of carbonyl (C=O) groups excluding carboxylic acids is 2. The van der Waals surface area contributed by atoms with Crippen LogP contribution in [0.4, 0.5) is 5.13 Å². The third kappa shape index (κ3) is 5.26. The molecule has 2 aromatic heterocycles. The van der Waals surface area contributed by atoms with Gasteiger partial charge in [0.1, 0.15) is 0 Å². The Morgan fingerprint density at radius 2 is 1.97 bits per heavy atom. The molecule has 168 valence electrons. The number of esters is 1. The number of carbonyl (C=O) groups is 2. The number of rotatable bonds is 7. The summed E-state index contributed by atoms with van der Waals surface area (Å²) in [6.45, 7) is 3.73. The van der Waals surface area contributed by atoms with Crippen LogP contribution in [0.25, 0.3) is 21.5 Å². The molecule has 33 heavy (non-hydrogen) atoms. The average Bonchev–Trinajstić information content (AvgIpc) is 3.21. The first-order chi connectivity index (χ1) is 15.9. The zero-order chi connectivity index (χ0) is 23.4. The topological polar surface area (TPSA) is 127 Å². The molecule has 2 aromatic carbocycles. The van der Waals surface area contributed by atoms with Gasteiger partial charge in [-0.1, -0.05) is 53.4 Å². The summed E-state index contributed by atoms with van der Waals surface area (Å²) in [6, 6.07) is 14.1. The number of nitrogens with zero attached hydrogens (tertiary/aromatic N) is 3. The SMILES string of the molecule is CCOC(=O)c1ccc2nc(NC(=O)C(C)Sc3nnc(-c4ccccc4)c(=O)[nH]3)sc2c1. The van der Waals surface area contributed by atoms with Gasteiger partial charge in [-0.2, -0.15) is 0 Å². The van der Waals surface area contributed by atoms with E-state index in [0.29, 0.717) is 28.4 Å². The minimum atomic E-state index is -0.570. The largest absolute Gasteiger partial charge is 0.462 e. The molecule has 1 atom stereocenters. The summed E-state index contributed by atoms with van der Waals surface area (Å²) >= 11 is 2.34. The van der Waals surface area contributed by atoms with Gasteiger partial charge in [0.2, 0.25) is 5.91 Å². The van der Waals surface area contributed by atoms with Gasteiger partial charge in [0.25, 0.3) is 5.56 Å². The second-order valence-corrected chi connectivity index (χ2v) is 9.21. The Morgan fingerprint density at radius 3 is 2.70 bits per heavy atom. The Morgan fingerprint density at radius 1 is 1.18 bits per heavy atom. The van der Waals surface area contributed by atoms with Crippen LogP contribution in [0.15, 0.2) is 58.5 Å². The van der Waals surface area contributed by atoms with Crippen LogP contribution in [0.2, 0.25) is 0 Å². The lowest BCUT2D eigenvalue weighted by molar-refractivity contribution is -0.115. The lowest BCUT2D eigenvalue weighted by atomic mass is 10.2. The molecule has 0 saturated carbocycles. The number of benzene rings is 2. The summed E-state index contributed by atoms with van der Waals surface area (Å²) in [4.78, 5) is 44.0. The van der Waals surface area contributed by atoms with E-state index in [4.69, 9.17) is 4.74 Å². The van der Waals surface area contributed by atoms with Crippen molar-refractivity contribution < 1.29 is 14.3 Å². The molecule has 0 spiro atoms. The Kier molecular flexibility index (Phi) is 6.80. The minimum Gasteiger partial charge on any atom is -0.462 e. The third-order valence-electron chi connectivity index (χ3n) is 4.51. The predicted molar refractivity (Wildman–Crippen MR) is 128 cm³/mol. The number of thioether (sulfide) groups is 1. The molecule has 11 heteroatoms. The average molecular weight is 482 g/mol. The number of hydrogen-bond donors (Lipinski definition) is 2. The molecule has 1 unspecified atom stereocenters. The fourth-order valence-corrected chi connectivity index (χ4v) is 4.56. The molecule has 4 rings (SSSR count). The van der Waals surface area contributed by atoms with Gasteiger partial charge in [-0.15, -0.1) is 10.2 Å². The molecule has 0 fully saturated rings. The van der Waals surface area contributed by atoms with Gasteiger partial charge in [-0.05, 0) is 32.0 Å². The van der Waals surface area contributed by atoms with Crippen LogP contribution in [-0.4, -0.2) is 43.9 Å². The van der Waals surface area contributed by atoms with Crippen molar-refractivity contribution in [3.8, 4) is 11.3 Å². The molecule has 0 saturated heterocycles. The van der Waals surface area contributed by atoms with Crippen LogP contribution in [0.3, 0.4) is 0 Å². The first-order valence-electron chi connectivity index (χ1n) is 10.0. The summed E-state index contributed by atoms with van der Waals surface area (Å²) in [5.74, 6) is -0.712. The second kappa shape index (κ2) is 9.92. The van der Waals surface area contributed by atoms with Crippen LogP contribution < -0.4 is 10.9 Å². The Labute approximate surface area is 196 Å². The third-order valence-corrected chi connectivity index (χ3v) is 6.42. The molecular weight excluding hydrogens is 462 g/mol. The fourth-order valence-electron chi connectivity index (χ4n) is 2.91. The van der Waals surface area contributed by atoms with Crippen molar-refractivity contribution in [3.05, 3.63) is 64.4 Å². The van der Waals surface area contributed by atoms with Crippen LogP contribution >= 0.6 is 23.1 Å². The van der Waals surface area contributed by atoms with Crippen LogP contribution in [0.1, 0.15) is 24.2 Å². The van der Waals surface area contributed by atoms with Crippen LogP contribution in [-0.2, 0) is 9.53 Å². The maximum atomic E-state index is 12.6. The number of hydrogen-bond acceptors (Lipinski definition) is 9. The molecule has 2 N–H and O–H groups in total. The molecule has 4 aromatic rings. The van der Waals surface area contributed by atoms with E-state index in [0.717, 1.165) is 16.5 Å². The van der Waals surface area contributed by atoms with E-state index in [1.54, 1.807) is 44.2 Å². The molecule has 0 bridgehead atoms. The number of ether oxygens (including phenoxy) is 1. The first-order valence-corrected chi connectivity index (χ1v) is 11.7. The summed E-state index contributed by atoms with van der Waals surface area (Å²) < 4.78 is 5.77. The Hall–Kier alpha value is -3.57. The highest BCUT2D eigenvalue weighted by Gasteiger charge is 2.19. The maximum absolute atomic E-state index is 12.6. The Bertz CT molecular complexity index is 1370. The Balaban J connectivity index is 1.43. The molecule has 0 aliphatic heterocycles. The lowest BCUT2D eigenvalue weighted by Gasteiger charge is -2.09. The van der Waals surface area contributed by atoms with E-state index in [-0.39, 0.29) is 22.3 Å². The standard InChI is InChI=1S/C22H19N5O4S2/c1-3-31-20(30)14-9-10-15-16(11-14)33-21(23-15)24-18(28)12(2)32-22-25-19(29)17(26-27-22)13-7-5-4-6-8-13/h4-12H,3H2,1-2H3,(H,23,24,28)(H,25,27,29). The molecular formula is C22H19N5O4S2. The fraction of sp³-hybridized carbons (Fsp3) is 0.182. The van der Waals surface area contributed by atoms with Crippen molar-refractivity contribution in [2.45, 2.75) is 24.3 Å². The smallest absolute Gasteiger partial charge is 0.338 e. The number of amides is 1. The molecule has 1 amide bonds. The quantitative estimate of drug-likeness (QED) is 0.302. The van der Waals surface area contributed by atoms with Gasteiger partial charge in [-0.25, -0.2) is 9.78 Å². The second-order valence-electron chi connectivity index (χ2n) is 6.85. The summed E-state index contributed by atoms with van der Waals surface area (Å²) in [5.41, 5.74) is 1.59. The molecule has 0 aliphatic carbocycles. The van der Waals surface area contributed by atoms with Crippen molar-refractivity contribution in [2.24, 2.45) is 0 Å². The van der Waals surface area contributed by atoms with Crippen molar-refractivity contribution in [1.82, 2.24) is 20.2 Å². The van der Waals surface area contributed by atoms with Gasteiger partial charge >= 0.3 is 5.97 Å². The normalized spacial score (nSPS) is 11.8. The van der Waals surface area contributed by atoms with Crippen LogP contribution in [0.5, 0.6) is 0 Å². The minimum absolute atomic E-state index is 0.216. The van der Waals surface area contributed by atoms with Crippen molar-refractivity contribution in [3.63, 3.8) is 0 Å². The zero-order valence-corrected chi connectivity index (χ0v) is 19.3. The van der Waals surface area contributed by atoms with E-state index >= 15 is 0 Å². The molecule has 2 heterocycles. The van der Waals surface area contributed by atoms with Gasteiger partial charge in [0.05, 0.1) is 27.6 Å². The summed E-state index contributed by atoms with van der Waals surface area (Å²) in [7, 11) is 0. The number of anilines is 1. The number of aromatic nitrogens is 4. The number of fused-ring (bicyclic) bond motifs is 1. The van der Waals surface area contributed by atoms with E-state index < -0.39 is 11.2 Å². The van der Waals surface area contributed by atoms with E-state index in [2.05, 4.69) is 25.5 Å². The van der Waals surface area contributed by atoms with E-state index in [1.807, 2.05) is 18.2 Å².